The highest BCUT2D eigenvalue weighted by atomic mass is 79.9. The molecule has 0 saturated carbocycles. The van der Waals surface area contributed by atoms with Crippen molar-refractivity contribution in [2.75, 3.05) is 6.54 Å². The fraction of sp³-hybridized carbons (Fsp3) is 0.333. The lowest BCUT2D eigenvalue weighted by Gasteiger charge is -2.08. The number of aryl methyl sites for hydroxylation is 1. The van der Waals surface area contributed by atoms with Crippen LogP contribution in [0.15, 0.2) is 33.5 Å². The zero-order valence-corrected chi connectivity index (χ0v) is 13.3. The molecule has 2 aromatic rings. The van der Waals surface area contributed by atoms with Crippen LogP contribution in [0.3, 0.4) is 0 Å². The minimum Gasteiger partial charge on any atom is -0.311 e. The minimum absolute atomic E-state index is 0.120. The van der Waals surface area contributed by atoms with Gasteiger partial charge in [-0.2, -0.15) is 0 Å². The van der Waals surface area contributed by atoms with E-state index in [9.17, 15) is 4.79 Å². The van der Waals surface area contributed by atoms with Crippen molar-refractivity contribution in [2.24, 2.45) is 0 Å². The smallest absolute Gasteiger partial charge is 0.251 e. The van der Waals surface area contributed by atoms with Gasteiger partial charge in [0.1, 0.15) is 5.82 Å². The highest BCUT2D eigenvalue weighted by molar-refractivity contribution is 9.10. The van der Waals surface area contributed by atoms with Crippen LogP contribution in [0.25, 0.3) is 11.4 Å². The van der Waals surface area contributed by atoms with Gasteiger partial charge in [0, 0.05) is 22.6 Å². The van der Waals surface area contributed by atoms with E-state index >= 15 is 0 Å². The summed E-state index contributed by atoms with van der Waals surface area (Å²) in [7, 11) is 0. The number of aromatic amines is 1. The molecule has 0 fully saturated rings. The summed E-state index contributed by atoms with van der Waals surface area (Å²) < 4.78 is 1.02. The van der Waals surface area contributed by atoms with Crippen molar-refractivity contribution in [1.29, 1.82) is 0 Å². The first-order chi connectivity index (χ1) is 9.60. The summed E-state index contributed by atoms with van der Waals surface area (Å²) in [4.78, 5) is 19.1. The Balaban J connectivity index is 2.34. The van der Waals surface area contributed by atoms with Gasteiger partial charge in [-0.1, -0.05) is 22.9 Å². The molecule has 106 valence electrons. The van der Waals surface area contributed by atoms with Crippen LogP contribution in [0.4, 0.5) is 0 Å². The number of benzene rings is 1. The molecular weight excluding hydrogens is 318 g/mol. The normalized spacial score (nSPS) is 10.8. The molecule has 5 heteroatoms. The molecule has 2 rings (SSSR count). The lowest BCUT2D eigenvalue weighted by Crippen LogP contribution is -2.18. The van der Waals surface area contributed by atoms with Crippen LogP contribution >= 0.6 is 15.9 Å². The second-order valence-electron chi connectivity index (χ2n) is 4.72. The van der Waals surface area contributed by atoms with Crippen molar-refractivity contribution in [2.45, 2.75) is 26.8 Å². The third kappa shape index (κ3) is 3.77. The van der Waals surface area contributed by atoms with E-state index in [2.05, 4.69) is 38.1 Å². The van der Waals surface area contributed by atoms with Gasteiger partial charge in [-0.3, -0.25) is 4.79 Å². The number of hydrogen-bond acceptors (Lipinski definition) is 3. The maximum Gasteiger partial charge on any atom is 0.251 e. The Morgan fingerprint density at radius 1 is 1.35 bits per heavy atom. The fourth-order valence-electron chi connectivity index (χ4n) is 2.01. The van der Waals surface area contributed by atoms with Gasteiger partial charge in [-0.05, 0) is 43.7 Å². The van der Waals surface area contributed by atoms with Gasteiger partial charge in [0.25, 0.3) is 5.56 Å². The number of nitrogens with one attached hydrogen (secondary N) is 2. The first-order valence-electron chi connectivity index (χ1n) is 6.67. The quantitative estimate of drug-likeness (QED) is 0.826. The molecule has 4 nitrogen and oxygen atoms in total. The molecular formula is C15H18BrN3O. The van der Waals surface area contributed by atoms with Gasteiger partial charge in [0.05, 0.1) is 5.69 Å². The number of aromatic nitrogens is 2. The standard InChI is InChI=1S/C15H18BrN3O/c1-3-6-17-9-12-8-14(20)19-15(18-12)13-5-4-11(16)7-10(13)2/h4-5,7-8,17H,3,6,9H2,1-2H3,(H,18,19,20). The number of H-pyrrole nitrogens is 1. The van der Waals surface area contributed by atoms with Gasteiger partial charge in [-0.15, -0.1) is 0 Å². The summed E-state index contributed by atoms with van der Waals surface area (Å²) in [5.74, 6) is 0.621. The van der Waals surface area contributed by atoms with Gasteiger partial charge in [-0.25, -0.2) is 4.98 Å². The van der Waals surface area contributed by atoms with Crippen molar-refractivity contribution in [3.63, 3.8) is 0 Å². The van der Waals surface area contributed by atoms with Crippen LogP contribution in [0.1, 0.15) is 24.6 Å². The van der Waals surface area contributed by atoms with Crippen molar-refractivity contribution < 1.29 is 0 Å². The van der Waals surface area contributed by atoms with E-state index in [1.54, 1.807) is 6.07 Å². The highest BCUT2D eigenvalue weighted by Crippen LogP contribution is 2.22. The Morgan fingerprint density at radius 2 is 2.15 bits per heavy atom. The number of hydrogen-bond donors (Lipinski definition) is 2. The first-order valence-corrected chi connectivity index (χ1v) is 7.47. The maximum atomic E-state index is 11.8. The van der Waals surface area contributed by atoms with E-state index in [4.69, 9.17) is 0 Å². The van der Waals surface area contributed by atoms with Crippen LogP contribution in [0.2, 0.25) is 0 Å². The van der Waals surface area contributed by atoms with E-state index < -0.39 is 0 Å². The molecule has 0 aliphatic heterocycles. The molecule has 20 heavy (non-hydrogen) atoms. The lowest BCUT2D eigenvalue weighted by atomic mass is 10.1. The Kier molecular flexibility index (Phi) is 5.09. The van der Waals surface area contributed by atoms with Gasteiger partial charge < -0.3 is 10.3 Å². The van der Waals surface area contributed by atoms with Crippen LogP contribution in [-0.4, -0.2) is 16.5 Å². The summed E-state index contributed by atoms with van der Waals surface area (Å²) in [6, 6.07) is 7.46. The van der Waals surface area contributed by atoms with Crippen LogP contribution in [0.5, 0.6) is 0 Å². The molecule has 1 aromatic heterocycles. The first kappa shape index (κ1) is 14.9. The van der Waals surface area contributed by atoms with Gasteiger partial charge in [0.15, 0.2) is 0 Å². The maximum absolute atomic E-state index is 11.8. The Bertz CT molecular complexity index is 652. The summed E-state index contributed by atoms with van der Waals surface area (Å²) >= 11 is 3.44. The molecule has 0 unspecified atom stereocenters. The van der Waals surface area contributed by atoms with Crippen molar-refractivity contribution in [1.82, 2.24) is 15.3 Å². The van der Waals surface area contributed by atoms with Gasteiger partial charge >= 0.3 is 0 Å². The second kappa shape index (κ2) is 6.81. The molecule has 0 bridgehead atoms. The van der Waals surface area contributed by atoms with Gasteiger partial charge in [0.2, 0.25) is 0 Å². The number of rotatable bonds is 5. The zero-order valence-electron chi connectivity index (χ0n) is 11.7. The Morgan fingerprint density at radius 3 is 2.85 bits per heavy atom. The van der Waals surface area contributed by atoms with Crippen LogP contribution in [0, 0.1) is 6.92 Å². The topological polar surface area (TPSA) is 57.8 Å². The molecule has 1 aromatic carbocycles. The summed E-state index contributed by atoms with van der Waals surface area (Å²) in [5, 5.41) is 3.26. The van der Waals surface area contributed by atoms with Crippen molar-refractivity contribution in [3.8, 4) is 11.4 Å². The molecule has 0 aliphatic rings. The Hall–Kier alpha value is -1.46. The lowest BCUT2D eigenvalue weighted by molar-refractivity contribution is 0.662. The van der Waals surface area contributed by atoms with E-state index in [0.29, 0.717) is 12.4 Å². The average molecular weight is 336 g/mol. The predicted molar refractivity (Wildman–Crippen MR) is 84.7 cm³/mol. The minimum atomic E-state index is -0.120. The van der Waals surface area contributed by atoms with E-state index in [0.717, 1.165) is 34.3 Å². The second-order valence-corrected chi connectivity index (χ2v) is 5.64. The third-order valence-electron chi connectivity index (χ3n) is 2.97. The molecule has 1 heterocycles. The Labute approximate surface area is 126 Å². The summed E-state index contributed by atoms with van der Waals surface area (Å²) in [6.07, 6.45) is 1.06. The molecule has 2 N–H and O–H groups in total. The molecule has 0 spiro atoms. The fourth-order valence-corrected chi connectivity index (χ4v) is 2.49. The summed E-state index contributed by atoms with van der Waals surface area (Å²) in [5.41, 5.74) is 2.66. The molecule has 0 radical (unpaired) electrons. The van der Waals surface area contributed by atoms with Crippen molar-refractivity contribution >= 4 is 15.9 Å². The van der Waals surface area contributed by atoms with Crippen LogP contribution in [-0.2, 0) is 6.54 Å². The summed E-state index contributed by atoms with van der Waals surface area (Å²) in [6.45, 7) is 5.64. The SMILES string of the molecule is CCCNCc1cc(=O)[nH]c(-c2ccc(Br)cc2C)n1. The third-order valence-corrected chi connectivity index (χ3v) is 3.46. The van der Waals surface area contributed by atoms with E-state index in [-0.39, 0.29) is 5.56 Å². The zero-order chi connectivity index (χ0) is 14.5. The van der Waals surface area contributed by atoms with E-state index in [1.807, 2.05) is 25.1 Å². The van der Waals surface area contributed by atoms with Crippen molar-refractivity contribution in [3.05, 3.63) is 50.3 Å². The van der Waals surface area contributed by atoms with E-state index in [1.165, 1.54) is 0 Å². The number of halogens is 1. The highest BCUT2D eigenvalue weighted by Gasteiger charge is 2.07. The molecule has 0 saturated heterocycles. The monoisotopic (exact) mass is 335 g/mol. The van der Waals surface area contributed by atoms with Crippen LogP contribution < -0.4 is 10.9 Å². The largest absolute Gasteiger partial charge is 0.311 e. The molecule has 0 aliphatic carbocycles. The number of nitrogens with zero attached hydrogens (tertiary/aromatic N) is 1. The predicted octanol–water partition coefficient (Wildman–Crippen LogP) is 3.01. The average Bonchev–Trinajstić information content (AvgIpc) is 2.38. The molecule has 0 atom stereocenters. The molecule has 0 amide bonds.